The number of rotatable bonds is 6. The van der Waals surface area contributed by atoms with E-state index in [9.17, 15) is 8.42 Å². The number of aryl methyl sites for hydroxylation is 1. The zero-order valence-electron chi connectivity index (χ0n) is 11.9. The Hall–Kier alpha value is -2.06. The van der Waals surface area contributed by atoms with Crippen molar-refractivity contribution in [2.24, 2.45) is 0 Å². The Bertz CT molecular complexity index is 729. The number of ether oxygens (including phenoxy) is 2. The van der Waals surface area contributed by atoms with Gasteiger partial charge in [-0.15, -0.1) is 0 Å². The average Bonchev–Trinajstić information content (AvgIpc) is 3.04. The van der Waals surface area contributed by atoms with Crippen LogP contribution in [0.3, 0.4) is 0 Å². The van der Waals surface area contributed by atoms with E-state index in [-0.39, 0.29) is 4.90 Å². The lowest BCUT2D eigenvalue weighted by Crippen LogP contribution is -2.26. The summed E-state index contributed by atoms with van der Waals surface area (Å²) in [7, 11) is -3.55. The molecular weight excluding hydrogens is 306 g/mol. The summed E-state index contributed by atoms with van der Waals surface area (Å²) in [6.45, 7) is 1.91. The van der Waals surface area contributed by atoms with Gasteiger partial charge in [0, 0.05) is 31.5 Å². The smallest absolute Gasteiger partial charge is 0.240 e. The number of sulfonamides is 1. The van der Waals surface area contributed by atoms with Crippen LogP contribution in [-0.2, 0) is 16.6 Å². The summed E-state index contributed by atoms with van der Waals surface area (Å²) in [5, 5.41) is 4.07. The van der Waals surface area contributed by atoms with Crippen LogP contribution in [0.5, 0.6) is 11.5 Å². The Kier molecular flexibility index (Phi) is 4.30. The van der Waals surface area contributed by atoms with Gasteiger partial charge in [0.1, 0.15) is 13.2 Å². The molecule has 8 heteroatoms. The van der Waals surface area contributed by atoms with Crippen LogP contribution in [0.1, 0.15) is 6.42 Å². The van der Waals surface area contributed by atoms with Crippen LogP contribution in [0.15, 0.2) is 41.6 Å². The summed E-state index contributed by atoms with van der Waals surface area (Å²) in [4.78, 5) is 0.177. The molecule has 0 bridgehead atoms. The van der Waals surface area contributed by atoms with Crippen LogP contribution < -0.4 is 14.2 Å². The maximum Gasteiger partial charge on any atom is 0.240 e. The number of benzene rings is 1. The first-order valence-corrected chi connectivity index (χ1v) is 8.50. The molecule has 0 spiro atoms. The number of hydrogen-bond donors (Lipinski definition) is 1. The molecule has 0 radical (unpaired) electrons. The van der Waals surface area contributed by atoms with E-state index < -0.39 is 10.0 Å². The predicted molar refractivity (Wildman–Crippen MR) is 79.5 cm³/mol. The van der Waals surface area contributed by atoms with E-state index in [1.807, 2.05) is 12.3 Å². The Labute approximate surface area is 128 Å². The van der Waals surface area contributed by atoms with Gasteiger partial charge in [-0.1, -0.05) is 0 Å². The van der Waals surface area contributed by atoms with Gasteiger partial charge in [0.15, 0.2) is 11.5 Å². The fourth-order valence-corrected chi connectivity index (χ4v) is 3.24. The van der Waals surface area contributed by atoms with E-state index in [0.717, 1.165) is 0 Å². The quantitative estimate of drug-likeness (QED) is 0.803. The molecule has 1 N–H and O–H groups in total. The minimum Gasteiger partial charge on any atom is -0.486 e. The summed E-state index contributed by atoms with van der Waals surface area (Å²) in [6, 6.07) is 6.46. The Balaban J connectivity index is 1.60. The van der Waals surface area contributed by atoms with Crippen LogP contribution in [0, 0.1) is 0 Å². The van der Waals surface area contributed by atoms with Crippen molar-refractivity contribution in [1.82, 2.24) is 14.5 Å². The first-order valence-electron chi connectivity index (χ1n) is 7.02. The SMILES string of the molecule is O=S(=O)(NCCCn1cccn1)c1ccc2c(c1)OCCO2. The Morgan fingerprint density at radius 1 is 1.23 bits per heavy atom. The van der Waals surface area contributed by atoms with Crippen molar-refractivity contribution in [3.05, 3.63) is 36.7 Å². The van der Waals surface area contributed by atoms with Gasteiger partial charge >= 0.3 is 0 Å². The number of aromatic nitrogens is 2. The molecule has 0 amide bonds. The molecule has 2 heterocycles. The van der Waals surface area contributed by atoms with Crippen LogP contribution >= 0.6 is 0 Å². The summed E-state index contributed by atoms with van der Waals surface area (Å²) < 4.78 is 39.6. The predicted octanol–water partition coefficient (Wildman–Crippen LogP) is 1.02. The number of nitrogens with one attached hydrogen (secondary N) is 1. The van der Waals surface area contributed by atoms with Crippen LogP contribution in [0.2, 0.25) is 0 Å². The van der Waals surface area contributed by atoms with E-state index in [2.05, 4.69) is 9.82 Å². The van der Waals surface area contributed by atoms with Crippen molar-refractivity contribution >= 4 is 10.0 Å². The van der Waals surface area contributed by atoms with Gasteiger partial charge in [0.25, 0.3) is 0 Å². The lowest BCUT2D eigenvalue weighted by molar-refractivity contribution is 0.171. The minimum atomic E-state index is -3.55. The highest BCUT2D eigenvalue weighted by Crippen LogP contribution is 2.32. The lowest BCUT2D eigenvalue weighted by atomic mass is 10.3. The van der Waals surface area contributed by atoms with Gasteiger partial charge < -0.3 is 9.47 Å². The number of fused-ring (bicyclic) bond motifs is 1. The minimum absolute atomic E-state index is 0.177. The van der Waals surface area contributed by atoms with Crippen molar-refractivity contribution in [3.63, 3.8) is 0 Å². The first kappa shape index (κ1) is 14.9. The highest BCUT2D eigenvalue weighted by atomic mass is 32.2. The third-order valence-corrected chi connectivity index (χ3v) is 4.70. The zero-order valence-corrected chi connectivity index (χ0v) is 12.8. The Morgan fingerprint density at radius 2 is 2.05 bits per heavy atom. The van der Waals surface area contributed by atoms with Crippen molar-refractivity contribution in [3.8, 4) is 11.5 Å². The molecule has 7 nitrogen and oxygen atoms in total. The summed E-state index contributed by atoms with van der Waals surface area (Å²) in [5.74, 6) is 1.04. The summed E-state index contributed by atoms with van der Waals surface area (Å²) in [5.41, 5.74) is 0. The molecule has 22 heavy (non-hydrogen) atoms. The highest BCUT2D eigenvalue weighted by molar-refractivity contribution is 7.89. The van der Waals surface area contributed by atoms with Gasteiger partial charge in [-0.2, -0.15) is 5.10 Å². The lowest BCUT2D eigenvalue weighted by Gasteiger charge is -2.18. The fraction of sp³-hybridized carbons (Fsp3) is 0.357. The monoisotopic (exact) mass is 323 g/mol. The second-order valence-electron chi connectivity index (χ2n) is 4.83. The number of hydrogen-bond acceptors (Lipinski definition) is 5. The molecule has 1 aromatic carbocycles. The molecule has 0 atom stereocenters. The molecule has 1 aliphatic heterocycles. The van der Waals surface area contributed by atoms with Gasteiger partial charge in [-0.05, 0) is 24.6 Å². The van der Waals surface area contributed by atoms with E-state index in [1.165, 1.54) is 12.1 Å². The molecule has 2 aromatic rings. The molecule has 0 unspecified atom stereocenters. The molecule has 0 fully saturated rings. The van der Waals surface area contributed by atoms with Crippen molar-refractivity contribution in [1.29, 1.82) is 0 Å². The Morgan fingerprint density at radius 3 is 2.82 bits per heavy atom. The first-order chi connectivity index (χ1) is 10.6. The van der Waals surface area contributed by atoms with Gasteiger partial charge in [-0.25, -0.2) is 13.1 Å². The standard InChI is InChI=1S/C14H17N3O4S/c18-22(19,16-6-2-8-17-7-1-5-15-17)12-3-4-13-14(11-12)21-10-9-20-13/h1,3-5,7,11,16H,2,6,8-10H2. The third-order valence-electron chi connectivity index (χ3n) is 3.24. The fourth-order valence-electron chi connectivity index (χ4n) is 2.15. The normalized spacial score (nSPS) is 14.0. The van der Waals surface area contributed by atoms with Crippen molar-refractivity contribution in [2.75, 3.05) is 19.8 Å². The maximum absolute atomic E-state index is 12.2. The molecule has 3 rings (SSSR count). The topological polar surface area (TPSA) is 82.5 Å². The van der Waals surface area contributed by atoms with E-state index in [0.29, 0.717) is 44.2 Å². The van der Waals surface area contributed by atoms with Crippen LogP contribution in [-0.4, -0.2) is 38.0 Å². The second kappa shape index (κ2) is 6.37. The number of nitrogens with zero attached hydrogens (tertiary/aromatic N) is 2. The third kappa shape index (κ3) is 3.40. The summed E-state index contributed by atoms with van der Waals surface area (Å²) >= 11 is 0. The largest absolute Gasteiger partial charge is 0.486 e. The van der Waals surface area contributed by atoms with E-state index in [1.54, 1.807) is 16.9 Å². The van der Waals surface area contributed by atoms with Gasteiger partial charge in [0.2, 0.25) is 10.0 Å². The summed E-state index contributed by atoms with van der Waals surface area (Å²) in [6.07, 6.45) is 4.19. The van der Waals surface area contributed by atoms with Crippen LogP contribution in [0.25, 0.3) is 0 Å². The highest BCUT2D eigenvalue weighted by Gasteiger charge is 2.18. The van der Waals surface area contributed by atoms with E-state index in [4.69, 9.17) is 9.47 Å². The van der Waals surface area contributed by atoms with Gasteiger partial charge in [-0.3, -0.25) is 4.68 Å². The van der Waals surface area contributed by atoms with E-state index >= 15 is 0 Å². The molecule has 0 saturated heterocycles. The molecule has 0 aliphatic carbocycles. The average molecular weight is 323 g/mol. The van der Waals surface area contributed by atoms with Crippen molar-refractivity contribution in [2.45, 2.75) is 17.9 Å². The molecule has 1 aliphatic rings. The molecule has 1 aromatic heterocycles. The zero-order chi connectivity index (χ0) is 15.4. The van der Waals surface area contributed by atoms with Gasteiger partial charge in [0.05, 0.1) is 4.90 Å². The molecule has 118 valence electrons. The molecular formula is C14H17N3O4S. The van der Waals surface area contributed by atoms with Crippen molar-refractivity contribution < 1.29 is 17.9 Å². The van der Waals surface area contributed by atoms with Crippen LogP contribution in [0.4, 0.5) is 0 Å². The second-order valence-corrected chi connectivity index (χ2v) is 6.59. The molecule has 0 saturated carbocycles. The maximum atomic E-state index is 12.2.